The van der Waals surface area contributed by atoms with Crippen LogP contribution in [-0.2, 0) is 0 Å². The molecule has 6 heteroatoms. The van der Waals surface area contributed by atoms with E-state index in [1.807, 2.05) is 0 Å². The first kappa shape index (κ1) is 10.1. The number of hydrogen-bond acceptors (Lipinski definition) is 4. The van der Waals surface area contributed by atoms with Gasteiger partial charge in [0, 0.05) is 12.1 Å². The van der Waals surface area contributed by atoms with Gasteiger partial charge in [0.25, 0.3) is 0 Å². The van der Waals surface area contributed by atoms with Crippen molar-refractivity contribution in [2.45, 2.75) is 0 Å². The Balaban J connectivity index is 2.37. The molecule has 0 saturated carbocycles. The van der Waals surface area contributed by atoms with Gasteiger partial charge >= 0.3 is 11.4 Å². The van der Waals surface area contributed by atoms with Gasteiger partial charge in [0.1, 0.15) is 0 Å². The molecule has 0 aliphatic rings. The van der Waals surface area contributed by atoms with E-state index in [0.717, 1.165) is 0 Å². The third kappa shape index (κ3) is 1.49. The molecule has 0 aliphatic carbocycles. The molecular weight excluding hydrogens is 228 g/mol. The van der Waals surface area contributed by atoms with Crippen LogP contribution < -0.4 is 0 Å². The summed E-state index contributed by atoms with van der Waals surface area (Å²) in [6.45, 7) is 0. The largest absolute Gasteiger partial charge is 0.387 e. The van der Waals surface area contributed by atoms with E-state index < -0.39 is 0 Å². The number of aromatic nitrogens is 2. The van der Waals surface area contributed by atoms with Crippen LogP contribution in [0.4, 0.5) is 11.4 Å². The first-order valence-corrected chi connectivity index (χ1v) is 5.22. The van der Waals surface area contributed by atoms with Crippen LogP contribution in [0.2, 0.25) is 0 Å². The maximum Gasteiger partial charge on any atom is 0.387 e. The highest BCUT2D eigenvalue weighted by Crippen LogP contribution is 2.23. The summed E-state index contributed by atoms with van der Waals surface area (Å²) in [6.07, 6.45) is 0. The van der Waals surface area contributed by atoms with Crippen LogP contribution >= 0.6 is 0 Å². The van der Waals surface area contributed by atoms with E-state index in [2.05, 4.69) is 19.9 Å². The SMILES string of the molecule is N#[N+]c1ccc2nc3cc([N+]#N)ccc3nc2c1. The average Bonchev–Trinajstić information content (AvgIpc) is 2.43. The van der Waals surface area contributed by atoms with Gasteiger partial charge in [-0.1, -0.05) is 0 Å². The summed E-state index contributed by atoms with van der Waals surface area (Å²) in [6, 6.07) is 10.0. The van der Waals surface area contributed by atoms with Crippen molar-refractivity contribution >= 4 is 33.4 Å². The van der Waals surface area contributed by atoms with Crippen LogP contribution in [0.5, 0.6) is 0 Å². The number of diazo groups is 2. The molecule has 82 valence electrons. The lowest BCUT2D eigenvalue weighted by atomic mass is 10.2. The highest BCUT2D eigenvalue weighted by Gasteiger charge is 2.11. The molecule has 0 unspecified atom stereocenters. The van der Waals surface area contributed by atoms with E-state index in [0.29, 0.717) is 33.4 Å². The fraction of sp³-hybridized carbons (Fsp3) is 0. The van der Waals surface area contributed by atoms with Crippen LogP contribution in [-0.4, -0.2) is 9.97 Å². The van der Waals surface area contributed by atoms with Gasteiger partial charge in [0.05, 0.1) is 34.2 Å². The average molecular weight is 234 g/mol. The fourth-order valence-corrected chi connectivity index (χ4v) is 1.78. The number of rotatable bonds is 0. The Labute approximate surface area is 101 Å². The molecule has 0 atom stereocenters. The third-order valence-electron chi connectivity index (χ3n) is 2.63. The van der Waals surface area contributed by atoms with Crippen molar-refractivity contribution in [2.75, 3.05) is 0 Å². The molecule has 3 rings (SSSR count). The summed E-state index contributed by atoms with van der Waals surface area (Å²) in [5, 5.41) is 17.4. The maximum atomic E-state index is 8.72. The summed E-state index contributed by atoms with van der Waals surface area (Å²) < 4.78 is 0. The van der Waals surface area contributed by atoms with Crippen molar-refractivity contribution in [1.29, 1.82) is 10.8 Å². The summed E-state index contributed by atoms with van der Waals surface area (Å²) in [7, 11) is 0. The molecule has 1 aromatic heterocycles. The van der Waals surface area contributed by atoms with Gasteiger partial charge < -0.3 is 0 Å². The van der Waals surface area contributed by atoms with E-state index in [-0.39, 0.29) is 0 Å². The van der Waals surface area contributed by atoms with E-state index in [4.69, 9.17) is 10.8 Å². The van der Waals surface area contributed by atoms with Gasteiger partial charge in [0.2, 0.25) is 10.8 Å². The first-order valence-electron chi connectivity index (χ1n) is 5.22. The zero-order chi connectivity index (χ0) is 12.5. The summed E-state index contributed by atoms with van der Waals surface area (Å²) in [5.74, 6) is 0. The van der Waals surface area contributed by atoms with Crippen molar-refractivity contribution < 1.29 is 0 Å². The van der Waals surface area contributed by atoms with Crippen LogP contribution in [0.1, 0.15) is 0 Å². The zero-order valence-corrected chi connectivity index (χ0v) is 9.15. The van der Waals surface area contributed by atoms with Gasteiger partial charge in [-0.2, -0.15) is 0 Å². The van der Waals surface area contributed by atoms with Crippen LogP contribution in [0, 0.1) is 10.8 Å². The first-order chi connectivity index (χ1) is 8.80. The highest BCUT2D eigenvalue weighted by atomic mass is 14.9. The zero-order valence-electron chi connectivity index (χ0n) is 9.15. The molecule has 6 nitrogen and oxygen atoms in total. The molecule has 0 fully saturated rings. The van der Waals surface area contributed by atoms with Gasteiger partial charge in [-0.15, -0.1) is 0 Å². The Kier molecular flexibility index (Phi) is 2.08. The Morgan fingerprint density at radius 3 is 1.50 bits per heavy atom. The molecule has 2 aromatic carbocycles. The van der Waals surface area contributed by atoms with E-state index >= 15 is 0 Å². The Hall–Kier alpha value is -3.12. The van der Waals surface area contributed by atoms with Gasteiger partial charge in [-0.25, -0.2) is 9.97 Å². The normalized spacial score (nSPS) is 10.1. The second kappa shape index (κ2) is 3.72. The molecule has 0 radical (unpaired) electrons. The maximum absolute atomic E-state index is 8.72. The third-order valence-corrected chi connectivity index (χ3v) is 2.63. The van der Waals surface area contributed by atoms with Gasteiger partial charge in [-0.3, -0.25) is 0 Å². The predicted octanol–water partition coefficient (Wildman–Crippen LogP) is 3.75. The quantitative estimate of drug-likeness (QED) is 0.438. The van der Waals surface area contributed by atoms with Crippen molar-refractivity contribution in [3.63, 3.8) is 0 Å². The summed E-state index contributed by atoms with van der Waals surface area (Å²) >= 11 is 0. The number of benzene rings is 2. The fourth-order valence-electron chi connectivity index (χ4n) is 1.78. The van der Waals surface area contributed by atoms with Crippen LogP contribution in [0.15, 0.2) is 36.4 Å². The van der Waals surface area contributed by atoms with Crippen molar-refractivity contribution in [3.8, 4) is 0 Å². The minimum absolute atomic E-state index is 0.429. The monoisotopic (exact) mass is 234 g/mol. The number of nitrogens with zero attached hydrogens (tertiary/aromatic N) is 6. The Morgan fingerprint density at radius 1 is 0.667 bits per heavy atom. The lowest BCUT2D eigenvalue weighted by Crippen LogP contribution is -1.86. The minimum atomic E-state index is 0.429. The lowest BCUT2D eigenvalue weighted by molar-refractivity contribution is 1.39. The number of fused-ring (bicyclic) bond motifs is 2. The molecule has 0 bridgehead atoms. The van der Waals surface area contributed by atoms with Crippen molar-refractivity contribution in [1.82, 2.24) is 9.97 Å². The van der Waals surface area contributed by atoms with Gasteiger partial charge in [-0.05, 0) is 12.1 Å². The molecule has 1 heterocycles. The minimum Gasteiger partial charge on any atom is -0.244 e. The smallest absolute Gasteiger partial charge is 0.244 e. The summed E-state index contributed by atoms with van der Waals surface area (Å²) in [4.78, 5) is 15.0. The van der Waals surface area contributed by atoms with Crippen molar-refractivity contribution in [3.05, 3.63) is 46.4 Å². The molecule has 0 spiro atoms. The topological polar surface area (TPSA) is 82.1 Å². The van der Waals surface area contributed by atoms with E-state index in [1.54, 1.807) is 36.4 Å². The molecule has 3 aromatic rings. The van der Waals surface area contributed by atoms with Gasteiger partial charge in [0.15, 0.2) is 9.95 Å². The number of hydrogen-bond donors (Lipinski definition) is 0. The van der Waals surface area contributed by atoms with Crippen LogP contribution in [0.3, 0.4) is 0 Å². The molecular formula is C12H6N6+2. The molecule has 0 aliphatic heterocycles. The Bertz CT molecular complexity index is 782. The second-order valence-electron chi connectivity index (χ2n) is 3.77. The van der Waals surface area contributed by atoms with E-state index in [9.17, 15) is 0 Å². The summed E-state index contributed by atoms with van der Waals surface area (Å²) in [5.41, 5.74) is 3.52. The van der Waals surface area contributed by atoms with E-state index in [1.165, 1.54) is 0 Å². The second-order valence-corrected chi connectivity index (χ2v) is 3.77. The molecule has 0 N–H and O–H groups in total. The van der Waals surface area contributed by atoms with Crippen molar-refractivity contribution in [2.24, 2.45) is 0 Å². The highest BCUT2D eigenvalue weighted by molar-refractivity contribution is 5.89. The van der Waals surface area contributed by atoms with Crippen LogP contribution in [0.25, 0.3) is 32.0 Å². The standard InChI is InChI=1S/C12H6N6/c13-17-7-1-3-9-11(5-7)16-10-4-2-8(18-14)6-12(10)15-9/h1-6H/q+2. The lowest BCUT2D eigenvalue weighted by Gasteiger charge is -1.97. The molecule has 18 heavy (non-hydrogen) atoms. The molecule has 0 saturated heterocycles. The Morgan fingerprint density at radius 2 is 1.11 bits per heavy atom. The molecule has 0 amide bonds. The predicted molar refractivity (Wildman–Crippen MR) is 66.5 cm³/mol.